The molecule has 0 bridgehead atoms. The molecule has 0 aliphatic carbocycles. The zero-order valence-electron chi connectivity index (χ0n) is 12.3. The van der Waals surface area contributed by atoms with Crippen LogP contribution in [0.4, 0.5) is 0 Å². The van der Waals surface area contributed by atoms with E-state index in [1.165, 1.54) is 6.26 Å². The van der Waals surface area contributed by atoms with Gasteiger partial charge in [-0.25, -0.2) is 0 Å². The predicted molar refractivity (Wildman–Crippen MR) is 74.9 cm³/mol. The first-order valence-corrected chi connectivity index (χ1v) is 6.59. The molecule has 1 amide bonds. The molecular weight excluding hydrogens is 274 g/mol. The van der Waals surface area contributed by atoms with Gasteiger partial charge >= 0.3 is 0 Å². The molecule has 1 unspecified atom stereocenters. The Labute approximate surface area is 122 Å². The van der Waals surface area contributed by atoms with Crippen molar-refractivity contribution < 1.29 is 19.1 Å². The van der Waals surface area contributed by atoms with Gasteiger partial charge in [0.15, 0.2) is 12.4 Å². The number of carbonyl (C=O) groups is 1. The molecule has 2 aromatic heterocycles. The highest BCUT2D eigenvalue weighted by Crippen LogP contribution is 2.21. The van der Waals surface area contributed by atoms with E-state index < -0.39 is 6.04 Å². The number of furan rings is 1. The van der Waals surface area contributed by atoms with Crippen molar-refractivity contribution in [1.82, 2.24) is 15.1 Å². The van der Waals surface area contributed by atoms with E-state index in [1.54, 1.807) is 16.8 Å². The molecular formula is C14H19N3O4. The van der Waals surface area contributed by atoms with Crippen LogP contribution < -0.4 is 10.1 Å². The maximum Gasteiger partial charge on any atom is 0.258 e. The van der Waals surface area contributed by atoms with Crippen molar-refractivity contribution in [3.05, 3.63) is 35.5 Å². The van der Waals surface area contributed by atoms with Crippen molar-refractivity contribution in [2.24, 2.45) is 7.05 Å². The Morgan fingerprint density at radius 2 is 2.33 bits per heavy atom. The highest BCUT2D eigenvalue weighted by Gasteiger charge is 2.18. The number of nitrogens with zero attached hydrogens (tertiary/aromatic N) is 2. The van der Waals surface area contributed by atoms with Crippen LogP contribution in [0.1, 0.15) is 23.2 Å². The van der Waals surface area contributed by atoms with Crippen LogP contribution in [0.15, 0.2) is 22.8 Å². The maximum absolute atomic E-state index is 11.9. The molecule has 21 heavy (non-hydrogen) atoms. The fraction of sp³-hybridized carbons (Fsp3) is 0.429. The van der Waals surface area contributed by atoms with E-state index >= 15 is 0 Å². The van der Waals surface area contributed by atoms with E-state index in [2.05, 4.69) is 10.4 Å². The third kappa shape index (κ3) is 3.43. The third-order valence-corrected chi connectivity index (χ3v) is 3.19. The molecule has 2 N–H and O–H groups in total. The van der Waals surface area contributed by atoms with E-state index in [0.29, 0.717) is 11.5 Å². The molecule has 0 fully saturated rings. The molecule has 0 spiro atoms. The number of aliphatic hydroxyl groups excluding tert-OH is 1. The fourth-order valence-corrected chi connectivity index (χ4v) is 2.03. The van der Waals surface area contributed by atoms with Crippen LogP contribution in [0.25, 0.3) is 0 Å². The number of hydrogen-bond acceptors (Lipinski definition) is 5. The lowest BCUT2D eigenvalue weighted by molar-refractivity contribution is -0.124. The molecule has 0 saturated carbocycles. The zero-order chi connectivity index (χ0) is 15.4. The Morgan fingerprint density at radius 1 is 1.57 bits per heavy atom. The Kier molecular flexibility index (Phi) is 4.64. The van der Waals surface area contributed by atoms with Gasteiger partial charge in [-0.15, -0.1) is 0 Å². The summed E-state index contributed by atoms with van der Waals surface area (Å²) in [5, 5.41) is 16.2. The number of nitrogens with one attached hydrogen (secondary N) is 1. The van der Waals surface area contributed by atoms with Gasteiger partial charge in [0.2, 0.25) is 0 Å². The number of rotatable bonds is 6. The number of hydrogen-bond donors (Lipinski definition) is 2. The van der Waals surface area contributed by atoms with Gasteiger partial charge in [-0.3, -0.25) is 9.48 Å². The summed E-state index contributed by atoms with van der Waals surface area (Å²) in [4.78, 5) is 11.9. The minimum Gasteiger partial charge on any atom is -0.480 e. The standard InChI is InChI=1S/C14H19N3O4/c1-9-14(10(2)17(3)16-9)21-8-13(19)15-11(7-18)12-5-4-6-20-12/h4-6,11,18H,7-8H2,1-3H3,(H,15,19). The molecule has 2 heterocycles. The van der Waals surface area contributed by atoms with Crippen molar-refractivity contribution in [2.75, 3.05) is 13.2 Å². The summed E-state index contributed by atoms with van der Waals surface area (Å²) < 4.78 is 12.4. The first-order valence-electron chi connectivity index (χ1n) is 6.59. The summed E-state index contributed by atoms with van der Waals surface area (Å²) in [5.74, 6) is 0.763. The predicted octanol–water partition coefficient (Wildman–Crippen LogP) is 0.859. The molecule has 114 valence electrons. The largest absolute Gasteiger partial charge is 0.480 e. The average molecular weight is 293 g/mol. The van der Waals surface area contributed by atoms with Crippen LogP contribution in [0.5, 0.6) is 5.75 Å². The van der Waals surface area contributed by atoms with E-state index in [9.17, 15) is 9.90 Å². The molecule has 0 aromatic carbocycles. The highest BCUT2D eigenvalue weighted by molar-refractivity contribution is 5.78. The first-order chi connectivity index (χ1) is 10.0. The van der Waals surface area contributed by atoms with Crippen molar-refractivity contribution in [2.45, 2.75) is 19.9 Å². The summed E-state index contributed by atoms with van der Waals surface area (Å²) in [6.07, 6.45) is 1.49. The van der Waals surface area contributed by atoms with Gasteiger partial charge in [0.25, 0.3) is 5.91 Å². The Morgan fingerprint density at radius 3 is 2.86 bits per heavy atom. The molecule has 7 heteroatoms. The molecule has 7 nitrogen and oxygen atoms in total. The van der Waals surface area contributed by atoms with Crippen molar-refractivity contribution in [3.63, 3.8) is 0 Å². The van der Waals surface area contributed by atoms with E-state index in [-0.39, 0.29) is 19.1 Å². The summed E-state index contributed by atoms with van der Waals surface area (Å²) in [6.45, 7) is 3.29. The summed E-state index contributed by atoms with van der Waals surface area (Å²) in [7, 11) is 1.81. The minimum absolute atomic E-state index is 0.148. The smallest absolute Gasteiger partial charge is 0.258 e. The van der Waals surface area contributed by atoms with Gasteiger partial charge in [-0.1, -0.05) is 0 Å². The van der Waals surface area contributed by atoms with Gasteiger partial charge in [0, 0.05) is 7.05 Å². The van der Waals surface area contributed by atoms with Crippen LogP contribution in [0, 0.1) is 13.8 Å². The number of aromatic nitrogens is 2. The molecule has 0 radical (unpaired) electrons. The summed E-state index contributed by atoms with van der Waals surface area (Å²) in [6, 6.07) is 2.81. The Balaban J connectivity index is 1.93. The SMILES string of the molecule is Cc1nn(C)c(C)c1OCC(=O)NC(CO)c1ccco1. The molecule has 2 aromatic rings. The van der Waals surface area contributed by atoms with Crippen molar-refractivity contribution in [1.29, 1.82) is 0 Å². The fourth-order valence-electron chi connectivity index (χ4n) is 2.03. The van der Waals surface area contributed by atoms with E-state index in [0.717, 1.165) is 11.4 Å². The Bertz CT molecular complexity index is 604. The minimum atomic E-state index is -0.577. The van der Waals surface area contributed by atoms with Gasteiger partial charge in [-0.2, -0.15) is 5.10 Å². The average Bonchev–Trinajstić information content (AvgIpc) is 3.05. The second-order valence-electron chi connectivity index (χ2n) is 4.73. The second kappa shape index (κ2) is 6.45. The monoisotopic (exact) mass is 293 g/mol. The maximum atomic E-state index is 11.9. The van der Waals surface area contributed by atoms with Crippen LogP contribution in [-0.2, 0) is 11.8 Å². The van der Waals surface area contributed by atoms with Gasteiger partial charge < -0.3 is 19.6 Å². The van der Waals surface area contributed by atoms with Crippen LogP contribution in [-0.4, -0.2) is 34.0 Å². The van der Waals surface area contributed by atoms with Gasteiger partial charge in [0.1, 0.15) is 17.5 Å². The quantitative estimate of drug-likeness (QED) is 0.824. The zero-order valence-corrected chi connectivity index (χ0v) is 12.3. The van der Waals surface area contributed by atoms with Crippen LogP contribution in [0.3, 0.4) is 0 Å². The summed E-state index contributed by atoms with van der Waals surface area (Å²) >= 11 is 0. The van der Waals surface area contributed by atoms with Gasteiger partial charge in [0.05, 0.1) is 18.6 Å². The lowest BCUT2D eigenvalue weighted by Crippen LogP contribution is -2.34. The van der Waals surface area contributed by atoms with Crippen LogP contribution in [0.2, 0.25) is 0 Å². The van der Waals surface area contributed by atoms with Gasteiger partial charge in [-0.05, 0) is 26.0 Å². The lowest BCUT2D eigenvalue weighted by atomic mass is 10.2. The number of ether oxygens (including phenoxy) is 1. The van der Waals surface area contributed by atoms with E-state index in [1.807, 2.05) is 20.9 Å². The summed E-state index contributed by atoms with van der Waals surface area (Å²) in [5.41, 5.74) is 1.58. The third-order valence-electron chi connectivity index (χ3n) is 3.19. The number of aliphatic hydroxyl groups is 1. The Hall–Kier alpha value is -2.28. The topological polar surface area (TPSA) is 89.5 Å². The number of carbonyl (C=O) groups excluding carboxylic acids is 1. The second-order valence-corrected chi connectivity index (χ2v) is 4.73. The van der Waals surface area contributed by atoms with E-state index in [4.69, 9.17) is 9.15 Å². The molecule has 0 saturated heterocycles. The highest BCUT2D eigenvalue weighted by atomic mass is 16.5. The molecule has 0 aliphatic rings. The molecule has 2 rings (SSSR count). The van der Waals surface area contributed by atoms with Crippen LogP contribution >= 0.6 is 0 Å². The van der Waals surface area contributed by atoms with Crippen molar-refractivity contribution in [3.8, 4) is 5.75 Å². The number of amides is 1. The molecule has 1 atom stereocenters. The molecule has 0 aliphatic heterocycles. The normalized spacial score (nSPS) is 12.2. The lowest BCUT2D eigenvalue weighted by Gasteiger charge is -2.14. The first kappa shape index (κ1) is 15.1. The van der Waals surface area contributed by atoms with Crippen molar-refractivity contribution >= 4 is 5.91 Å². The number of aryl methyl sites for hydroxylation is 2.